The van der Waals surface area contributed by atoms with Crippen LogP contribution in [-0.4, -0.2) is 18.7 Å². The number of rotatable bonds is 9. The zero-order valence-electron chi connectivity index (χ0n) is 19.1. The molecule has 0 unspecified atom stereocenters. The summed E-state index contributed by atoms with van der Waals surface area (Å²) in [5.74, 6) is 0.929. The van der Waals surface area contributed by atoms with Crippen molar-refractivity contribution in [1.29, 1.82) is 0 Å². The van der Waals surface area contributed by atoms with E-state index in [-0.39, 0.29) is 18.9 Å². The second kappa shape index (κ2) is 12.2. The molecule has 0 heterocycles. The van der Waals surface area contributed by atoms with Crippen molar-refractivity contribution < 1.29 is 14.3 Å². The molecule has 3 aromatic carbocycles. The topological polar surface area (TPSA) is 59.9 Å². The van der Waals surface area contributed by atoms with E-state index in [1.54, 1.807) is 24.4 Å². The summed E-state index contributed by atoms with van der Waals surface area (Å²) in [7, 11) is 0. The van der Waals surface area contributed by atoms with Gasteiger partial charge < -0.3 is 9.47 Å². The van der Waals surface area contributed by atoms with Crippen LogP contribution in [0.3, 0.4) is 0 Å². The van der Waals surface area contributed by atoms with Crippen molar-refractivity contribution in [2.24, 2.45) is 5.10 Å². The molecule has 3 aromatic rings. The average Bonchev–Trinajstić information content (AvgIpc) is 2.78. The number of nitrogens with zero attached hydrogens (tertiary/aromatic N) is 1. The van der Waals surface area contributed by atoms with Crippen LogP contribution >= 0.6 is 39.1 Å². The fourth-order valence-electron chi connectivity index (χ4n) is 3.29. The van der Waals surface area contributed by atoms with E-state index in [4.69, 9.17) is 32.7 Å². The second-order valence-corrected chi connectivity index (χ2v) is 9.37. The van der Waals surface area contributed by atoms with Gasteiger partial charge in [0.25, 0.3) is 0 Å². The Bertz CT molecular complexity index is 1210. The van der Waals surface area contributed by atoms with Gasteiger partial charge in [-0.25, -0.2) is 5.43 Å². The molecule has 0 spiro atoms. The minimum Gasteiger partial charge on any atom is -0.490 e. The summed E-state index contributed by atoms with van der Waals surface area (Å²) in [5.41, 5.74) is 7.42. The van der Waals surface area contributed by atoms with Crippen LogP contribution in [0.4, 0.5) is 0 Å². The van der Waals surface area contributed by atoms with Crippen LogP contribution in [0, 0.1) is 13.8 Å². The van der Waals surface area contributed by atoms with Gasteiger partial charge >= 0.3 is 0 Å². The Kier molecular flexibility index (Phi) is 9.39. The van der Waals surface area contributed by atoms with Gasteiger partial charge in [-0.15, -0.1) is 0 Å². The predicted octanol–water partition coefficient (Wildman–Crippen LogP) is 7.04. The van der Waals surface area contributed by atoms with Crippen molar-refractivity contribution in [2.75, 3.05) is 6.61 Å². The summed E-state index contributed by atoms with van der Waals surface area (Å²) in [6, 6.07) is 15.0. The first-order valence-electron chi connectivity index (χ1n) is 10.7. The molecule has 1 amide bonds. The molecule has 5 nitrogen and oxygen atoms in total. The van der Waals surface area contributed by atoms with Crippen LogP contribution in [0.15, 0.2) is 58.1 Å². The van der Waals surface area contributed by atoms with Gasteiger partial charge in [0.2, 0.25) is 5.91 Å². The Morgan fingerprint density at radius 3 is 2.56 bits per heavy atom. The number of carbonyl (C=O) groups is 1. The van der Waals surface area contributed by atoms with Gasteiger partial charge in [0, 0.05) is 0 Å². The lowest BCUT2D eigenvalue weighted by Gasteiger charge is -2.15. The molecular formula is C26H25BrCl2N2O3. The number of amides is 1. The second-order valence-electron chi connectivity index (χ2n) is 7.70. The van der Waals surface area contributed by atoms with Crippen molar-refractivity contribution in [3.63, 3.8) is 0 Å². The summed E-state index contributed by atoms with van der Waals surface area (Å²) in [5, 5.41) is 5.06. The van der Waals surface area contributed by atoms with E-state index in [0.717, 1.165) is 22.3 Å². The lowest BCUT2D eigenvalue weighted by molar-refractivity contribution is -0.120. The summed E-state index contributed by atoms with van der Waals surface area (Å²) >= 11 is 15.6. The summed E-state index contributed by atoms with van der Waals surface area (Å²) in [6.45, 7) is 6.67. The van der Waals surface area contributed by atoms with Crippen LogP contribution in [-0.2, 0) is 17.8 Å². The molecule has 0 saturated heterocycles. The van der Waals surface area contributed by atoms with Crippen molar-refractivity contribution in [3.8, 4) is 11.5 Å². The number of carbonyl (C=O) groups excluding carboxylic acids is 1. The number of benzene rings is 3. The highest BCUT2D eigenvalue weighted by Crippen LogP contribution is 2.37. The minimum atomic E-state index is -0.186. The van der Waals surface area contributed by atoms with Crippen molar-refractivity contribution in [3.05, 3.63) is 90.9 Å². The van der Waals surface area contributed by atoms with Gasteiger partial charge in [0.05, 0.1) is 33.8 Å². The lowest BCUT2D eigenvalue weighted by atomic mass is 10.0. The summed E-state index contributed by atoms with van der Waals surface area (Å²) in [4.78, 5) is 12.3. The Balaban J connectivity index is 1.68. The highest BCUT2D eigenvalue weighted by molar-refractivity contribution is 9.10. The smallest absolute Gasteiger partial charge is 0.244 e. The first kappa shape index (κ1) is 26.1. The van der Waals surface area contributed by atoms with Gasteiger partial charge in [-0.1, -0.05) is 53.0 Å². The first-order chi connectivity index (χ1) is 16.3. The third kappa shape index (κ3) is 7.23. The maximum atomic E-state index is 12.3. The zero-order chi connectivity index (χ0) is 24.7. The molecule has 0 fully saturated rings. The Morgan fingerprint density at radius 1 is 1.06 bits per heavy atom. The van der Waals surface area contributed by atoms with Crippen LogP contribution < -0.4 is 14.9 Å². The molecule has 0 aliphatic carbocycles. The molecule has 0 aliphatic heterocycles. The van der Waals surface area contributed by atoms with Crippen LogP contribution in [0.1, 0.15) is 34.7 Å². The first-order valence-corrected chi connectivity index (χ1v) is 12.2. The highest BCUT2D eigenvalue weighted by Gasteiger charge is 2.13. The maximum absolute atomic E-state index is 12.3. The number of hydrazone groups is 1. The Labute approximate surface area is 218 Å². The van der Waals surface area contributed by atoms with Crippen molar-refractivity contribution >= 4 is 51.3 Å². The monoisotopic (exact) mass is 562 g/mol. The molecule has 34 heavy (non-hydrogen) atoms. The van der Waals surface area contributed by atoms with Crippen molar-refractivity contribution in [1.82, 2.24) is 5.43 Å². The lowest BCUT2D eigenvalue weighted by Crippen LogP contribution is -2.20. The van der Waals surface area contributed by atoms with Gasteiger partial charge in [-0.2, -0.15) is 5.10 Å². The molecule has 3 rings (SSSR count). The third-order valence-electron chi connectivity index (χ3n) is 4.95. The van der Waals surface area contributed by atoms with Gasteiger partial charge in [0.15, 0.2) is 11.5 Å². The average molecular weight is 564 g/mol. The molecule has 178 valence electrons. The molecular weight excluding hydrogens is 539 g/mol. The van der Waals surface area contributed by atoms with Crippen LogP contribution in [0.25, 0.3) is 0 Å². The largest absolute Gasteiger partial charge is 0.490 e. The van der Waals surface area contributed by atoms with E-state index in [9.17, 15) is 4.79 Å². The molecule has 0 radical (unpaired) electrons. The summed E-state index contributed by atoms with van der Waals surface area (Å²) in [6.07, 6.45) is 1.83. The normalized spacial score (nSPS) is 11.0. The fraction of sp³-hybridized carbons (Fsp3) is 0.231. The molecule has 1 N–H and O–H groups in total. The quantitative estimate of drug-likeness (QED) is 0.224. The standard InChI is InChI=1S/C26H25BrCl2N2O3/c1-4-33-24-12-19(14-30-31-25(32)13-20-7-5-16(2)9-17(20)3)10-21(27)26(24)34-15-18-6-8-22(28)23(29)11-18/h5-12,14H,4,13,15H2,1-3H3,(H,31,32)/b30-14-. The number of ether oxygens (including phenoxy) is 2. The van der Waals surface area contributed by atoms with Crippen molar-refractivity contribution in [2.45, 2.75) is 33.8 Å². The Morgan fingerprint density at radius 2 is 1.85 bits per heavy atom. The van der Waals surface area contributed by atoms with E-state index >= 15 is 0 Å². The van der Waals surface area contributed by atoms with Crippen LogP contribution in [0.2, 0.25) is 10.0 Å². The number of hydrogen-bond acceptors (Lipinski definition) is 4. The molecule has 8 heteroatoms. The summed E-state index contributed by atoms with van der Waals surface area (Å²) < 4.78 is 12.5. The maximum Gasteiger partial charge on any atom is 0.244 e. The van der Waals surface area contributed by atoms with Gasteiger partial charge in [0.1, 0.15) is 6.61 Å². The van der Waals surface area contributed by atoms with E-state index < -0.39 is 0 Å². The number of halogens is 3. The number of aryl methyl sites for hydroxylation is 2. The van der Waals surface area contributed by atoms with E-state index in [1.165, 1.54) is 5.56 Å². The van der Waals surface area contributed by atoms with Gasteiger partial charge in [-0.05, 0) is 83.2 Å². The molecule has 0 aromatic heterocycles. The van der Waals surface area contributed by atoms with E-state index in [0.29, 0.717) is 32.6 Å². The minimum absolute atomic E-state index is 0.186. The molecule has 0 aliphatic rings. The molecule has 0 bridgehead atoms. The number of hydrogen-bond donors (Lipinski definition) is 1. The zero-order valence-corrected chi connectivity index (χ0v) is 22.2. The molecule has 0 atom stereocenters. The SMILES string of the molecule is CCOc1cc(/C=N\NC(=O)Cc2ccc(C)cc2C)cc(Br)c1OCc1ccc(Cl)c(Cl)c1. The highest BCUT2D eigenvalue weighted by atomic mass is 79.9. The number of nitrogens with one attached hydrogen (secondary N) is 1. The fourth-order valence-corrected chi connectivity index (χ4v) is 4.18. The predicted molar refractivity (Wildman–Crippen MR) is 141 cm³/mol. The van der Waals surface area contributed by atoms with E-state index in [2.05, 4.69) is 32.5 Å². The molecule has 0 saturated carbocycles. The Hall–Kier alpha value is -2.54. The third-order valence-corrected chi connectivity index (χ3v) is 6.28. The van der Waals surface area contributed by atoms with Crippen LogP contribution in [0.5, 0.6) is 11.5 Å². The van der Waals surface area contributed by atoms with Gasteiger partial charge in [-0.3, -0.25) is 4.79 Å². The van der Waals surface area contributed by atoms with E-state index in [1.807, 2.05) is 45.0 Å².